The number of nitrogens with one attached hydrogen (secondary N) is 1. The minimum Gasteiger partial charge on any atom is -0.493 e. The van der Waals surface area contributed by atoms with Crippen molar-refractivity contribution < 1.29 is 14.3 Å². The second-order valence-electron chi connectivity index (χ2n) is 8.93. The average Bonchev–Trinajstić information content (AvgIpc) is 3.15. The van der Waals surface area contributed by atoms with E-state index in [1.54, 1.807) is 19.1 Å². The number of carbonyl (C=O) groups excluding carboxylic acids is 1. The van der Waals surface area contributed by atoms with Gasteiger partial charge in [-0.15, -0.1) is 0 Å². The highest BCUT2D eigenvalue weighted by molar-refractivity contribution is 9.10. The molecule has 2 aromatic rings. The Labute approximate surface area is 199 Å². The molecule has 2 amide bonds. The Bertz CT molecular complexity index is 967. The number of fused-ring (bicyclic) bond motifs is 1. The molecule has 0 radical (unpaired) electrons. The molecule has 0 bridgehead atoms. The lowest BCUT2D eigenvalue weighted by atomic mass is 9.65. The predicted octanol–water partition coefficient (Wildman–Crippen LogP) is 4.81. The van der Waals surface area contributed by atoms with Crippen LogP contribution in [0.15, 0.2) is 46.9 Å². The van der Waals surface area contributed by atoms with Crippen molar-refractivity contribution in [3.05, 3.63) is 52.5 Å². The van der Waals surface area contributed by atoms with Crippen LogP contribution in [0.1, 0.15) is 31.2 Å². The first-order chi connectivity index (χ1) is 15.4. The van der Waals surface area contributed by atoms with E-state index in [4.69, 9.17) is 9.47 Å². The summed E-state index contributed by atoms with van der Waals surface area (Å²) < 4.78 is 12.0. The summed E-state index contributed by atoms with van der Waals surface area (Å²) in [4.78, 5) is 17.1. The summed E-state index contributed by atoms with van der Waals surface area (Å²) in [6, 6.07) is 14.6. The summed E-state index contributed by atoms with van der Waals surface area (Å²) in [5.41, 5.74) is 2.26. The fourth-order valence-electron chi connectivity index (χ4n) is 5.45. The molecule has 2 fully saturated rings. The summed E-state index contributed by atoms with van der Waals surface area (Å²) in [6.07, 6.45) is 4.04. The Kier molecular flexibility index (Phi) is 6.67. The van der Waals surface area contributed by atoms with Gasteiger partial charge in [0.05, 0.1) is 14.2 Å². The summed E-state index contributed by atoms with van der Waals surface area (Å²) >= 11 is 3.45. The van der Waals surface area contributed by atoms with Crippen LogP contribution in [0.5, 0.6) is 11.5 Å². The topological polar surface area (TPSA) is 54.0 Å². The molecule has 0 spiro atoms. The van der Waals surface area contributed by atoms with E-state index in [0.29, 0.717) is 6.04 Å². The Morgan fingerprint density at radius 2 is 1.84 bits per heavy atom. The fourth-order valence-corrected chi connectivity index (χ4v) is 5.71. The molecule has 0 unspecified atom stereocenters. The Hall–Kier alpha value is -2.25. The quantitative estimate of drug-likeness (QED) is 0.638. The Morgan fingerprint density at radius 1 is 1.12 bits per heavy atom. The molecule has 1 saturated heterocycles. The van der Waals surface area contributed by atoms with Gasteiger partial charge in [0, 0.05) is 34.7 Å². The molecular weight excluding hydrogens is 470 g/mol. The highest BCUT2D eigenvalue weighted by atomic mass is 79.9. The van der Waals surface area contributed by atoms with Crippen molar-refractivity contribution in [2.75, 3.05) is 39.8 Å². The maximum Gasteiger partial charge on any atom is 0.321 e. The summed E-state index contributed by atoms with van der Waals surface area (Å²) in [5.74, 6) is 1.53. The maximum absolute atomic E-state index is 12.9. The van der Waals surface area contributed by atoms with E-state index >= 15 is 0 Å². The molecule has 2 aliphatic rings. The second-order valence-corrected chi connectivity index (χ2v) is 9.84. The van der Waals surface area contributed by atoms with Crippen LogP contribution in [-0.2, 0) is 5.41 Å². The van der Waals surface area contributed by atoms with E-state index in [-0.39, 0.29) is 17.5 Å². The lowest BCUT2D eigenvalue weighted by Gasteiger charge is -2.45. The number of amides is 2. The number of halogens is 1. The number of hydrogen-bond donors (Lipinski definition) is 1. The van der Waals surface area contributed by atoms with E-state index in [1.165, 1.54) is 5.56 Å². The molecule has 7 heteroatoms. The van der Waals surface area contributed by atoms with Gasteiger partial charge in [-0.05, 0) is 81.2 Å². The van der Waals surface area contributed by atoms with Crippen LogP contribution in [0.2, 0.25) is 0 Å². The summed E-state index contributed by atoms with van der Waals surface area (Å²) in [6.45, 7) is 1.05. The van der Waals surface area contributed by atoms with Crippen molar-refractivity contribution in [2.45, 2.75) is 43.2 Å². The van der Waals surface area contributed by atoms with Gasteiger partial charge in [-0.25, -0.2) is 4.79 Å². The molecule has 172 valence electrons. The molecule has 1 aliphatic heterocycles. The van der Waals surface area contributed by atoms with Gasteiger partial charge in [0.2, 0.25) is 0 Å². The van der Waals surface area contributed by atoms with Gasteiger partial charge in [0.25, 0.3) is 0 Å². The van der Waals surface area contributed by atoms with E-state index in [1.807, 2.05) is 37.4 Å². The zero-order valence-corrected chi connectivity index (χ0v) is 20.8. The van der Waals surface area contributed by atoms with E-state index < -0.39 is 0 Å². The van der Waals surface area contributed by atoms with Gasteiger partial charge < -0.3 is 19.7 Å². The third kappa shape index (κ3) is 4.20. The highest BCUT2D eigenvalue weighted by Crippen LogP contribution is 2.49. The Morgan fingerprint density at radius 3 is 2.53 bits per heavy atom. The van der Waals surface area contributed by atoms with E-state index in [0.717, 1.165) is 53.9 Å². The first kappa shape index (κ1) is 22.9. The number of anilines is 1. The van der Waals surface area contributed by atoms with Crippen LogP contribution in [0, 0.1) is 0 Å². The zero-order valence-electron chi connectivity index (χ0n) is 19.2. The van der Waals surface area contributed by atoms with Crippen molar-refractivity contribution in [2.24, 2.45) is 0 Å². The van der Waals surface area contributed by atoms with Gasteiger partial charge in [0.15, 0.2) is 11.5 Å². The second kappa shape index (κ2) is 9.32. The Balaban J connectivity index is 1.50. The number of nitrogens with zero attached hydrogens (tertiary/aromatic N) is 2. The van der Waals surface area contributed by atoms with Crippen LogP contribution in [0.25, 0.3) is 0 Å². The number of hydrogen-bond acceptors (Lipinski definition) is 4. The molecular formula is C25H32BrN3O3. The normalized spacial score (nSPS) is 25.2. The first-order valence-corrected chi connectivity index (χ1v) is 11.9. The van der Waals surface area contributed by atoms with Gasteiger partial charge in [-0.1, -0.05) is 22.0 Å². The predicted molar refractivity (Wildman–Crippen MR) is 131 cm³/mol. The lowest BCUT2D eigenvalue weighted by molar-refractivity contribution is 0.155. The minimum atomic E-state index is -0.0587. The molecule has 3 atom stereocenters. The van der Waals surface area contributed by atoms with Crippen molar-refractivity contribution >= 4 is 27.6 Å². The van der Waals surface area contributed by atoms with Crippen molar-refractivity contribution in [3.63, 3.8) is 0 Å². The smallest absolute Gasteiger partial charge is 0.321 e. The number of rotatable bonds is 5. The summed E-state index contributed by atoms with van der Waals surface area (Å²) in [5, 5.41) is 3.28. The number of urea groups is 1. The van der Waals surface area contributed by atoms with Crippen LogP contribution in [-0.4, -0.2) is 57.9 Å². The zero-order chi connectivity index (χ0) is 22.9. The van der Waals surface area contributed by atoms with Gasteiger partial charge in [-0.3, -0.25) is 4.90 Å². The molecule has 1 N–H and O–H groups in total. The number of methoxy groups -OCH3 is 2. The highest BCUT2D eigenvalue weighted by Gasteiger charge is 2.50. The number of carbonyl (C=O) groups is 1. The first-order valence-electron chi connectivity index (χ1n) is 11.1. The minimum absolute atomic E-state index is 0.0587. The number of ether oxygens (including phenoxy) is 2. The number of likely N-dealkylation sites (tertiary alicyclic amines) is 1. The van der Waals surface area contributed by atoms with Gasteiger partial charge in [0.1, 0.15) is 0 Å². The molecule has 1 heterocycles. The van der Waals surface area contributed by atoms with E-state index in [2.05, 4.69) is 45.3 Å². The third-order valence-corrected chi connectivity index (χ3v) is 7.86. The van der Waals surface area contributed by atoms with Crippen LogP contribution >= 0.6 is 15.9 Å². The van der Waals surface area contributed by atoms with E-state index in [9.17, 15) is 4.79 Å². The fraction of sp³-hybridized carbons (Fsp3) is 0.480. The molecule has 1 saturated carbocycles. The standard InChI is InChI=1S/C25H32BrN3O3/c1-28-14-13-25(17-5-10-21(31-3)22(15-17)32-4)12-11-19(16-23(25)28)27-24(30)29(2)20-8-6-18(26)7-9-20/h5-10,15,19,23H,11-14,16H2,1-4H3,(H,27,30)/t19-,23+,25+/m1/s1. The van der Waals surface area contributed by atoms with Crippen LogP contribution < -0.4 is 19.7 Å². The van der Waals surface area contributed by atoms with Crippen LogP contribution in [0.4, 0.5) is 10.5 Å². The average molecular weight is 502 g/mol. The number of benzene rings is 2. The van der Waals surface area contributed by atoms with Crippen molar-refractivity contribution in [1.29, 1.82) is 0 Å². The van der Waals surface area contributed by atoms with Crippen molar-refractivity contribution in [1.82, 2.24) is 10.2 Å². The third-order valence-electron chi connectivity index (χ3n) is 7.33. The molecule has 32 heavy (non-hydrogen) atoms. The monoisotopic (exact) mass is 501 g/mol. The molecule has 0 aromatic heterocycles. The van der Waals surface area contributed by atoms with Gasteiger partial charge >= 0.3 is 6.03 Å². The molecule has 6 nitrogen and oxygen atoms in total. The SMILES string of the molecule is COc1ccc([C@@]23CC[C@@H](NC(=O)N(C)c4ccc(Br)cc4)C[C@@H]2N(C)CC3)cc1OC. The summed E-state index contributed by atoms with van der Waals surface area (Å²) in [7, 11) is 7.37. The maximum atomic E-state index is 12.9. The molecule has 2 aromatic carbocycles. The number of likely N-dealkylation sites (N-methyl/N-ethyl adjacent to an activating group) is 1. The lowest BCUT2D eigenvalue weighted by Crippen LogP contribution is -2.53. The largest absolute Gasteiger partial charge is 0.493 e. The molecule has 1 aliphatic carbocycles. The van der Waals surface area contributed by atoms with Crippen molar-refractivity contribution in [3.8, 4) is 11.5 Å². The van der Waals surface area contributed by atoms with Gasteiger partial charge in [-0.2, -0.15) is 0 Å². The molecule has 4 rings (SSSR count). The van der Waals surface area contributed by atoms with Crippen LogP contribution in [0.3, 0.4) is 0 Å².